The SMILES string of the molecule is CCC(C(=O)O)N(C)CC(=O)NC(=O)NCCOC. The van der Waals surface area contributed by atoms with Crippen LogP contribution in [0.5, 0.6) is 0 Å². The van der Waals surface area contributed by atoms with E-state index in [4.69, 9.17) is 9.84 Å². The Morgan fingerprint density at radius 1 is 1.37 bits per heavy atom. The van der Waals surface area contributed by atoms with Gasteiger partial charge in [0.2, 0.25) is 5.91 Å². The number of methoxy groups -OCH3 is 1. The lowest BCUT2D eigenvalue weighted by atomic mass is 10.2. The van der Waals surface area contributed by atoms with Crippen molar-refractivity contribution in [3.05, 3.63) is 0 Å². The maximum absolute atomic E-state index is 11.5. The van der Waals surface area contributed by atoms with Crippen LogP contribution in [0.1, 0.15) is 13.3 Å². The summed E-state index contributed by atoms with van der Waals surface area (Å²) in [7, 11) is 3.02. The lowest BCUT2D eigenvalue weighted by molar-refractivity contribution is -0.143. The number of ether oxygens (including phenoxy) is 1. The van der Waals surface area contributed by atoms with Crippen molar-refractivity contribution in [2.24, 2.45) is 0 Å². The molecule has 0 saturated heterocycles. The van der Waals surface area contributed by atoms with Crippen molar-refractivity contribution in [2.75, 3.05) is 33.9 Å². The van der Waals surface area contributed by atoms with Crippen LogP contribution in [0.3, 0.4) is 0 Å². The van der Waals surface area contributed by atoms with Crippen molar-refractivity contribution in [2.45, 2.75) is 19.4 Å². The molecule has 110 valence electrons. The monoisotopic (exact) mass is 275 g/mol. The van der Waals surface area contributed by atoms with E-state index in [9.17, 15) is 14.4 Å². The summed E-state index contributed by atoms with van der Waals surface area (Å²) in [6.45, 7) is 2.18. The smallest absolute Gasteiger partial charge is 0.321 e. The number of carbonyl (C=O) groups excluding carboxylic acids is 2. The van der Waals surface area contributed by atoms with Gasteiger partial charge in [-0.05, 0) is 13.5 Å². The first-order chi connectivity index (χ1) is 8.92. The topological polar surface area (TPSA) is 108 Å². The highest BCUT2D eigenvalue weighted by atomic mass is 16.5. The minimum Gasteiger partial charge on any atom is -0.480 e. The second-order valence-electron chi connectivity index (χ2n) is 3.97. The molecular formula is C11H21N3O5. The van der Waals surface area contributed by atoms with Gasteiger partial charge >= 0.3 is 12.0 Å². The predicted octanol–water partition coefficient (Wildman–Crippen LogP) is -0.746. The Morgan fingerprint density at radius 2 is 2.00 bits per heavy atom. The Hall–Kier alpha value is -1.67. The quantitative estimate of drug-likeness (QED) is 0.503. The molecule has 0 spiro atoms. The molecule has 1 atom stereocenters. The van der Waals surface area contributed by atoms with Crippen molar-refractivity contribution < 1.29 is 24.2 Å². The largest absolute Gasteiger partial charge is 0.480 e. The van der Waals surface area contributed by atoms with Crippen LogP contribution < -0.4 is 10.6 Å². The van der Waals surface area contributed by atoms with Gasteiger partial charge in [-0.1, -0.05) is 6.92 Å². The third kappa shape index (κ3) is 7.37. The van der Waals surface area contributed by atoms with E-state index in [0.717, 1.165) is 0 Å². The van der Waals surface area contributed by atoms with Gasteiger partial charge in [0.15, 0.2) is 0 Å². The third-order valence-corrected chi connectivity index (χ3v) is 2.44. The highest BCUT2D eigenvalue weighted by Gasteiger charge is 2.22. The molecule has 0 radical (unpaired) electrons. The molecule has 0 aliphatic heterocycles. The number of carboxylic acids is 1. The summed E-state index contributed by atoms with van der Waals surface area (Å²) in [5.41, 5.74) is 0. The summed E-state index contributed by atoms with van der Waals surface area (Å²) < 4.78 is 4.73. The molecule has 1 unspecified atom stereocenters. The average molecular weight is 275 g/mol. The Morgan fingerprint density at radius 3 is 2.47 bits per heavy atom. The number of amides is 3. The number of nitrogens with one attached hydrogen (secondary N) is 2. The first kappa shape index (κ1) is 17.3. The molecule has 0 aliphatic carbocycles. The fraction of sp³-hybridized carbons (Fsp3) is 0.727. The molecule has 0 heterocycles. The highest BCUT2D eigenvalue weighted by Crippen LogP contribution is 2.00. The van der Waals surface area contributed by atoms with E-state index in [1.54, 1.807) is 6.92 Å². The molecule has 8 nitrogen and oxygen atoms in total. The Labute approximate surface area is 112 Å². The predicted molar refractivity (Wildman–Crippen MR) is 67.8 cm³/mol. The van der Waals surface area contributed by atoms with Gasteiger partial charge in [0.1, 0.15) is 6.04 Å². The fourth-order valence-corrected chi connectivity index (χ4v) is 1.49. The van der Waals surface area contributed by atoms with E-state index in [1.807, 2.05) is 0 Å². The summed E-state index contributed by atoms with van der Waals surface area (Å²) >= 11 is 0. The number of nitrogens with zero attached hydrogens (tertiary/aromatic N) is 1. The molecule has 0 aromatic rings. The Kier molecular flexibility index (Phi) is 8.47. The van der Waals surface area contributed by atoms with E-state index in [2.05, 4.69) is 10.6 Å². The van der Waals surface area contributed by atoms with Crippen molar-refractivity contribution in [1.29, 1.82) is 0 Å². The van der Waals surface area contributed by atoms with Crippen LogP contribution in [0.4, 0.5) is 4.79 Å². The van der Waals surface area contributed by atoms with Gasteiger partial charge in [-0.2, -0.15) is 0 Å². The molecule has 0 saturated carbocycles. The first-order valence-corrected chi connectivity index (χ1v) is 5.92. The fourth-order valence-electron chi connectivity index (χ4n) is 1.49. The maximum atomic E-state index is 11.5. The normalized spacial score (nSPS) is 12.0. The minimum absolute atomic E-state index is 0.164. The zero-order valence-electron chi connectivity index (χ0n) is 11.4. The van der Waals surface area contributed by atoms with Crippen LogP contribution in [-0.2, 0) is 14.3 Å². The van der Waals surface area contributed by atoms with Gasteiger partial charge in [0, 0.05) is 13.7 Å². The van der Waals surface area contributed by atoms with Crippen LogP contribution in [-0.4, -0.2) is 67.8 Å². The Bertz CT molecular complexity index is 321. The zero-order chi connectivity index (χ0) is 14.8. The zero-order valence-corrected chi connectivity index (χ0v) is 11.4. The Balaban J connectivity index is 4.09. The number of likely N-dealkylation sites (N-methyl/N-ethyl adjacent to an activating group) is 1. The van der Waals surface area contributed by atoms with E-state index in [1.165, 1.54) is 19.1 Å². The van der Waals surface area contributed by atoms with Crippen molar-refractivity contribution in [3.63, 3.8) is 0 Å². The highest BCUT2D eigenvalue weighted by molar-refractivity contribution is 5.95. The standard InChI is InChI=1S/C11H21N3O5/c1-4-8(10(16)17)14(2)7-9(15)13-11(18)12-5-6-19-3/h8H,4-7H2,1-3H3,(H,16,17)(H2,12,13,15,18). The summed E-state index contributed by atoms with van der Waals surface area (Å²) in [6, 6.07) is -1.37. The molecule has 0 rings (SSSR count). The second kappa shape index (κ2) is 9.29. The van der Waals surface area contributed by atoms with Crippen LogP contribution in [0, 0.1) is 0 Å². The van der Waals surface area contributed by atoms with E-state index in [-0.39, 0.29) is 13.1 Å². The first-order valence-electron chi connectivity index (χ1n) is 5.92. The number of carboxylic acid groups (broad SMARTS) is 1. The molecule has 0 aromatic heterocycles. The minimum atomic E-state index is -0.998. The third-order valence-electron chi connectivity index (χ3n) is 2.44. The van der Waals surface area contributed by atoms with Gasteiger partial charge in [0.05, 0.1) is 13.2 Å². The maximum Gasteiger partial charge on any atom is 0.321 e. The molecule has 0 aliphatic rings. The van der Waals surface area contributed by atoms with Crippen molar-refractivity contribution >= 4 is 17.9 Å². The lowest BCUT2D eigenvalue weighted by Gasteiger charge is -2.22. The van der Waals surface area contributed by atoms with Crippen LogP contribution in [0.15, 0.2) is 0 Å². The van der Waals surface area contributed by atoms with Gasteiger partial charge < -0.3 is 15.2 Å². The molecule has 3 amide bonds. The van der Waals surface area contributed by atoms with Gasteiger partial charge in [-0.15, -0.1) is 0 Å². The average Bonchev–Trinajstić information content (AvgIpc) is 2.29. The van der Waals surface area contributed by atoms with E-state index >= 15 is 0 Å². The van der Waals surface area contributed by atoms with Crippen LogP contribution in [0.2, 0.25) is 0 Å². The molecule has 0 aromatic carbocycles. The lowest BCUT2D eigenvalue weighted by Crippen LogP contribution is -2.48. The number of carbonyl (C=O) groups is 3. The van der Waals surface area contributed by atoms with Crippen LogP contribution >= 0.6 is 0 Å². The summed E-state index contributed by atoms with van der Waals surface area (Å²) in [5, 5.41) is 13.4. The molecule has 0 bridgehead atoms. The number of hydrogen-bond donors (Lipinski definition) is 3. The van der Waals surface area contributed by atoms with E-state index < -0.39 is 23.9 Å². The number of imide groups is 1. The van der Waals surface area contributed by atoms with E-state index in [0.29, 0.717) is 13.0 Å². The van der Waals surface area contributed by atoms with Gasteiger partial charge in [-0.3, -0.25) is 19.8 Å². The van der Waals surface area contributed by atoms with Crippen molar-refractivity contribution in [3.8, 4) is 0 Å². The number of aliphatic carboxylic acids is 1. The molecule has 8 heteroatoms. The number of hydrogen-bond acceptors (Lipinski definition) is 5. The number of urea groups is 1. The molecule has 3 N–H and O–H groups in total. The molecular weight excluding hydrogens is 254 g/mol. The van der Waals surface area contributed by atoms with Gasteiger partial charge in [0.25, 0.3) is 0 Å². The van der Waals surface area contributed by atoms with Crippen molar-refractivity contribution in [1.82, 2.24) is 15.5 Å². The van der Waals surface area contributed by atoms with Crippen LogP contribution in [0.25, 0.3) is 0 Å². The molecule has 19 heavy (non-hydrogen) atoms. The van der Waals surface area contributed by atoms with Gasteiger partial charge in [-0.25, -0.2) is 4.79 Å². The second-order valence-corrected chi connectivity index (χ2v) is 3.97. The summed E-state index contributed by atoms with van der Waals surface area (Å²) in [6.07, 6.45) is 0.374. The summed E-state index contributed by atoms with van der Waals surface area (Å²) in [4.78, 5) is 35.0. The number of rotatable bonds is 8. The molecule has 0 fully saturated rings. The summed E-state index contributed by atoms with van der Waals surface area (Å²) in [5.74, 6) is -1.56.